The van der Waals surface area contributed by atoms with Crippen molar-refractivity contribution in [3.05, 3.63) is 58.4 Å². The molecule has 3 fully saturated rings. The molecule has 1 aromatic carbocycles. The molecule has 6 rings (SSSR count). The van der Waals surface area contributed by atoms with Gasteiger partial charge in [-0.05, 0) is 55.0 Å². The van der Waals surface area contributed by atoms with Gasteiger partial charge in [-0.1, -0.05) is 36.7 Å². The van der Waals surface area contributed by atoms with Crippen LogP contribution in [0.1, 0.15) is 45.1 Å². The first-order chi connectivity index (χ1) is 17.9. The molecule has 1 aliphatic heterocycles. The number of halogens is 4. The minimum atomic E-state index is -2.25. The van der Waals surface area contributed by atoms with E-state index in [2.05, 4.69) is 0 Å². The summed E-state index contributed by atoms with van der Waals surface area (Å²) < 4.78 is 47.2. The Hall–Kier alpha value is -2.00. The first-order valence-electron chi connectivity index (χ1n) is 13.2. The third-order valence-electron chi connectivity index (χ3n) is 10.5. The summed E-state index contributed by atoms with van der Waals surface area (Å²) >= 11 is 6.00. The maximum Gasteiger partial charge on any atom is 0.198 e. The van der Waals surface area contributed by atoms with Crippen molar-refractivity contribution in [2.24, 2.45) is 28.6 Å². The van der Waals surface area contributed by atoms with Crippen LogP contribution in [0.25, 0.3) is 0 Å². The Morgan fingerprint density at radius 2 is 1.95 bits per heavy atom. The second-order valence-corrected chi connectivity index (χ2v) is 12.6. The first kappa shape index (κ1) is 26.2. The zero-order valence-corrected chi connectivity index (χ0v) is 22.1. The Bertz CT molecular complexity index is 1270. The number of rotatable bonds is 4. The van der Waals surface area contributed by atoms with Crippen LogP contribution < -0.4 is 0 Å². The number of allylic oxidation sites excluding steroid dienone is 4. The van der Waals surface area contributed by atoms with Crippen molar-refractivity contribution < 1.29 is 32.7 Å². The van der Waals surface area contributed by atoms with Crippen LogP contribution in [0, 0.1) is 28.6 Å². The van der Waals surface area contributed by atoms with Gasteiger partial charge in [-0.3, -0.25) is 14.4 Å². The maximum absolute atomic E-state index is 17.4. The van der Waals surface area contributed by atoms with Gasteiger partial charge >= 0.3 is 0 Å². The number of aliphatic hydroxyl groups excluding tert-OH is 1. The van der Waals surface area contributed by atoms with Crippen molar-refractivity contribution in [1.82, 2.24) is 5.06 Å². The average Bonchev–Trinajstić information content (AvgIpc) is 3.35. The Labute approximate surface area is 224 Å². The molecule has 9 heteroatoms. The first-order valence-corrected chi connectivity index (χ1v) is 13.5. The molecule has 8 atom stereocenters. The standard InChI is InChI=1S/C29H31ClF3NO4/c1-26-8-7-19(35)10-22(26)23(32)11-21-20-9-17-15-34(14-16-3-5-18(30)6-4-16)38-29(17,25(37)13-31)27(20,2)12-24(36)28(21,26)33/h3-8,17,20-21,24,36H,9-15H2,1-2H3/t17-,20-,21-,24-,26-,27-,28-,29-/m0/s1. The van der Waals surface area contributed by atoms with Crippen molar-refractivity contribution in [2.75, 3.05) is 13.2 Å². The third kappa shape index (κ3) is 3.17. The molecule has 0 amide bonds. The molecule has 0 bridgehead atoms. The fraction of sp³-hybridized carbons (Fsp3) is 0.586. The van der Waals surface area contributed by atoms with Gasteiger partial charge in [0.15, 0.2) is 29.5 Å². The van der Waals surface area contributed by atoms with Gasteiger partial charge in [0.1, 0.15) is 5.83 Å². The molecule has 1 heterocycles. The number of hydrogen-bond acceptors (Lipinski definition) is 5. The molecule has 38 heavy (non-hydrogen) atoms. The van der Waals surface area contributed by atoms with Crippen molar-refractivity contribution in [3.8, 4) is 0 Å². The van der Waals surface area contributed by atoms with Crippen molar-refractivity contribution >= 4 is 23.2 Å². The maximum atomic E-state index is 17.4. The van der Waals surface area contributed by atoms with Gasteiger partial charge in [-0.15, -0.1) is 0 Å². The van der Waals surface area contributed by atoms with Crippen LogP contribution in [0.2, 0.25) is 5.02 Å². The predicted molar refractivity (Wildman–Crippen MR) is 134 cm³/mol. The average molecular weight is 550 g/mol. The van der Waals surface area contributed by atoms with Gasteiger partial charge in [0.25, 0.3) is 0 Å². The van der Waals surface area contributed by atoms with Gasteiger partial charge < -0.3 is 5.11 Å². The van der Waals surface area contributed by atoms with Crippen molar-refractivity contribution in [1.29, 1.82) is 0 Å². The predicted octanol–water partition coefficient (Wildman–Crippen LogP) is 5.26. The normalized spacial score (nSPS) is 44.0. The quantitative estimate of drug-likeness (QED) is 0.555. The Balaban J connectivity index is 1.40. The molecule has 0 unspecified atom stereocenters. The molecule has 1 aromatic rings. The largest absolute Gasteiger partial charge is 0.390 e. The summed E-state index contributed by atoms with van der Waals surface area (Å²) in [6.45, 7) is 2.71. The lowest BCUT2D eigenvalue weighted by Gasteiger charge is -2.62. The fourth-order valence-electron chi connectivity index (χ4n) is 8.78. The molecule has 2 saturated carbocycles. The van der Waals surface area contributed by atoms with Gasteiger partial charge in [0, 0.05) is 53.6 Å². The number of fused-ring (bicyclic) bond motifs is 7. The molecule has 204 valence electrons. The van der Waals surface area contributed by atoms with Gasteiger partial charge in [0.2, 0.25) is 0 Å². The number of aliphatic hydroxyl groups is 1. The zero-order chi connectivity index (χ0) is 27.3. The van der Waals surface area contributed by atoms with E-state index < -0.39 is 64.2 Å². The SMILES string of the molecule is C[C@]12C=CC(=O)CC1=C(F)C[C@H]1[C@@H]3C[C@H]4CN(Cc5ccc(Cl)cc5)O[C@@]4(C(=O)CF)[C@@]3(C)C[C@H](O)[C@@]12F. The molecule has 5 nitrogen and oxygen atoms in total. The number of hydrogen-bond donors (Lipinski definition) is 1. The Kier molecular flexibility index (Phi) is 5.87. The van der Waals surface area contributed by atoms with E-state index in [-0.39, 0.29) is 30.6 Å². The summed E-state index contributed by atoms with van der Waals surface area (Å²) in [5, 5.41) is 13.7. The molecule has 5 aliphatic rings. The van der Waals surface area contributed by atoms with Crippen LogP contribution in [-0.2, 0) is 21.0 Å². The fourth-order valence-corrected chi connectivity index (χ4v) is 8.91. The van der Waals surface area contributed by atoms with Crippen LogP contribution in [-0.4, -0.2) is 52.3 Å². The second kappa shape index (κ2) is 8.50. The smallest absolute Gasteiger partial charge is 0.198 e. The van der Waals surface area contributed by atoms with Crippen LogP contribution in [0.5, 0.6) is 0 Å². The van der Waals surface area contributed by atoms with Crippen LogP contribution in [0.4, 0.5) is 13.2 Å². The summed E-state index contributed by atoms with van der Waals surface area (Å²) in [6, 6.07) is 7.18. The van der Waals surface area contributed by atoms with Crippen LogP contribution >= 0.6 is 11.6 Å². The highest BCUT2D eigenvalue weighted by atomic mass is 35.5. The van der Waals surface area contributed by atoms with Gasteiger partial charge in [-0.25, -0.2) is 13.2 Å². The van der Waals surface area contributed by atoms with Crippen LogP contribution in [0.3, 0.4) is 0 Å². The molecule has 4 aliphatic carbocycles. The second-order valence-electron chi connectivity index (χ2n) is 12.2. The summed E-state index contributed by atoms with van der Waals surface area (Å²) in [6.07, 6.45) is 0.793. The summed E-state index contributed by atoms with van der Waals surface area (Å²) in [4.78, 5) is 31.9. The number of ketones is 2. The minimum absolute atomic E-state index is 0.0875. The highest BCUT2D eigenvalue weighted by Crippen LogP contribution is 2.72. The monoisotopic (exact) mass is 549 g/mol. The molecule has 0 radical (unpaired) electrons. The topological polar surface area (TPSA) is 66.8 Å². The highest BCUT2D eigenvalue weighted by Gasteiger charge is 2.79. The van der Waals surface area contributed by atoms with E-state index in [1.807, 2.05) is 12.1 Å². The van der Waals surface area contributed by atoms with Gasteiger partial charge in [-0.2, -0.15) is 5.06 Å². The van der Waals surface area contributed by atoms with Crippen LogP contribution in [0.15, 0.2) is 47.8 Å². The van der Waals surface area contributed by atoms with E-state index in [1.165, 1.54) is 12.2 Å². The van der Waals surface area contributed by atoms with Crippen molar-refractivity contribution in [2.45, 2.75) is 63.4 Å². The summed E-state index contributed by atoms with van der Waals surface area (Å²) in [7, 11) is 0. The Morgan fingerprint density at radius 1 is 1.24 bits per heavy atom. The molecule has 1 saturated heterocycles. The van der Waals surface area contributed by atoms with E-state index in [0.29, 0.717) is 24.5 Å². The Morgan fingerprint density at radius 3 is 2.63 bits per heavy atom. The van der Waals surface area contributed by atoms with Crippen molar-refractivity contribution in [3.63, 3.8) is 0 Å². The number of hydroxylamine groups is 2. The number of carbonyl (C=O) groups excluding carboxylic acids is 2. The highest BCUT2D eigenvalue weighted by molar-refractivity contribution is 6.30. The summed E-state index contributed by atoms with van der Waals surface area (Å²) in [5.41, 5.74) is -5.49. The van der Waals surface area contributed by atoms with E-state index in [4.69, 9.17) is 16.4 Å². The number of Topliss-reactive ketones (excluding diaryl/α,β-unsaturated/α-hetero) is 1. The van der Waals surface area contributed by atoms with E-state index in [9.17, 15) is 19.1 Å². The van der Waals surface area contributed by atoms with E-state index in [1.54, 1.807) is 31.0 Å². The van der Waals surface area contributed by atoms with Gasteiger partial charge in [0.05, 0.1) is 6.10 Å². The third-order valence-corrected chi connectivity index (χ3v) is 10.8. The minimum Gasteiger partial charge on any atom is -0.390 e. The molecular formula is C29H31ClF3NO4. The molecule has 0 spiro atoms. The number of alkyl halides is 2. The molecule has 0 aromatic heterocycles. The lowest BCUT2D eigenvalue weighted by atomic mass is 9.45. The number of carbonyl (C=O) groups is 2. The summed E-state index contributed by atoms with van der Waals surface area (Å²) in [5.74, 6) is -3.52. The molecule has 1 N–H and O–H groups in total. The zero-order valence-electron chi connectivity index (χ0n) is 21.4. The van der Waals surface area contributed by atoms with E-state index >= 15 is 8.78 Å². The number of nitrogens with zero attached hydrogens (tertiary/aromatic N) is 1. The lowest BCUT2D eigenvalue weighted by Crippen LogP contribution is -2.69. The van der Waals surface area contributed by atoms with E-state index in [0.717, 1.165) is 5.56 Å². The lowest BCUT2D eigenvalue weighted by molar-refractivity contribution is -0.266. The number of benzene rings is 1. The molecular weight excluding hydrogens is 519 g/mol.